The van der Waals surface area contributed by atoms with Gasteiger partial charge in [0.05, 0.1) is 31.5 Å². The zero-order valence-electron chi connectivity index (χ0n) is 18.8. The summed E-state index contributed by atoms with van der Waals surface area (Å²) >= 11 is 1.69. The number of carbonyl (C=O) groups excluding carboxylic acids is 2. The van der Waals surface area contributed by atoms with Gasteiger partial charge in [0, 0.05) is 29.7 Å². The molecule has 8 nitrogen and oxygen atoms in total. The second-order valence-corrected chi connectivity index (χ2v) is 8.68. The normalized spacial score (nSPS) is 17.6. The van der Waals surface area contributed by atoms with Gasteiger partial charge in [-0.15, -0.1) is 0 Å². The van der Waals surface area contributed by atoms with Crippen molar-refractivity contribution in [2.24, 2.45) is 4.99 Å². The van der Waals surface area contributed by atoms with E-state index in [4.69, 9.17) is 9.47 Å². The number of carbonyl (C=O) groups is 2. The summed E-state index contributed by atoms with van der Waals surface area (Å²) in [7, 11) is 2.95. The molecule has 33 heavy (non-hydrogen) atoms. The molecule has 0 aromatic heterocycles. The van der Waals surface area contributed by atoms with E-state index in [2.05, 4.69) is 20.5 Å². The molecule has 2 N–H and O–H groups in total. The van der Waals surface area contributed by atoms with Crippen molar-refractivity contribution in [1.82, 2.24) is 4.90 Å². The minimum atomic E-state index is -0.398. The zero-order valence-corrected chi connectivity index (χ0v) is 19.6. The van der Waals surface area contributed by atoms with Crippen molar-refractivity contribution in [3.05, 3.63) is 65.4 Å². The topological polar surface area (TPSA) is 92.3 Å². The number of rotatable bonds is 5. The quantitative estimate of drug-likeness (QED) is 0.624. The molecule has 2 aromatic rings. The number of nitrogens with one attached hydrogen (secondary N) is 2. The van der Waals surface area contributed by atoms with E-state index in [0.29, 0.717) is 28.4 Å². The predicted molar refractivity (Wildman–Crippen MR) is 131 cm³/mol. The van der Waals surface area contributed by atoms with Crippen LogP contribution in [0.15, 0.2) is 64.8 Å². The first-order valence-corrected chi connectivity index (χ1v) is 11.6. The molecule has 2 amide bonds. The number of allylic oxidation sites excluding steroid dienone is 1. The van der Waals surface area contributed by atoms with Crippen molar-refractivity contribution in [2.75, 3.05) is 37.2 Å². The molecule has 4 rings (SSSR count). The van der Waals surface area contributed by atoms with Gasteiger partial charge in [0.25, 0.3) is 0 Å². The van der Waals surface area contributed by atoms with Gasteiger partial charge in [-0.3, -0.25) is 0 Å². The third-order valence-electron chi connectivity index (χ3n) is 5.45. The maximum atomic E-state index is 12.7. The molecule has 0 aliphatic carbocycles. The number of anilines is 2. The van der Waals surface area contributed by atoms with E-state index >= 15 is 0 Å². The van der Waals surface area contributed by atoms with Gasteiger partial charge in [-0.1, -0.05) is 30.0 Å². The van der Waals surface area contributed by atoms with E-state index < -0.39 is 5.97 Å². The van der Waals surface area contributed by atoms with Crippen molar-refractivity contribution in [1.29, 1.82) is 0 Å². The second-order valence-electron chi connectivity index (χ2n) is 7.62. The fourth-order valence-electron chi connectivity index (χ4n) is 3.97. The largest absolute Gasteiger partial charge is 0.497 e. The number of amidine groups is 1. The molecule has 1 saturated heterocycles. The van der Waals surface area contributed by atoms with Gasteiger partial charge in [0.15, 0.2) is 5.17 Å². The Hall–Kier alpha value is -3.46. The van der Waals surface area contributed by atoms with E-state index in [1.165, 1.54) is 7.11 Å². The SMILES string of the molecule is COC(=O)C1=C(C)N=C2SCCCN2[C@@H]1c1cccc(NC(=O)Nc2cccc(OC)c2)c1. The molecular formula is C24H26N4O4S. The fourth-order valence-corrected chi connectivity index (χ4v) is 4.99. The highest BCUT2D eigenvalue weighted by molar-refractivity contribution is 8.13. The summed E-state index contributed by atoms with van der Waals surface area (Å²) in [5.74, 6) is 1.25. The Morgan fingerprint density at radius 2 is 1.82 bits per heavy atom. The van der Waals surface area contributed by atoms with E-state index in [0.717, 1.165) is 29.4 Å². The highest BCUT2D eigenvalue weighted by Crippen LogP contribution is 2.40. The Bertz CT molecular complexity index is 1130. The van der Waals surface area contributed by atoms with Gasteiger partial charge >= 0.3 is 12.0 Å². The van der Waals surface area contributed by atoms with Crippen LogP contribution >= 0.6 is 11.8 Å². The van der Waals surface area contributed by atoms with Crippen LogP contribution in [0.3, 0.4) is 0 Å². The molecule has 9 heteroatoms. The minimum absolute atomic E-state index is 0.332. The number of nitrogens with zero attached hydrogens (tertiary/aromatic N) is 2. The number of thioether (sulfide) groups is 1. The van der Waals surface area contributed by atoms with Crippen LogP contribution in [0.1, 0.15) is 24.9 Å². The van der Waals surface area contributed by atoms with Crippen LogP contribution in [0.2, 0.25) is 0 Å². The number of urea groups is 1. The van der Waals surface area contributed by atoms with E-state index in [9.17, 15) is 9.59 Å². The van der Waals surface area contributed by atoms with Gasteiger partial charge in [-0.2, -0.15) is 0 Å². The molecule has 0 spiro atoms. The molecule has 2 aliphatic heterocycles. The summed E-state index contributed by atoms with van der Waals surface area (Å²) in [5, 5.41) is 6.59. The lowest BCUT2D eigenvalue weighted by molar-refractivity contribution is -0.136. The second kappa shape index (κ2) is 9.99. The Balaban J connectivity index is 1.59. The van der Waals surface area contributed by atoms with Crippen LogP contribution in [0.5, 0.6) is 5.75 Å². The van der Waals surface area contributed by atoms with Crippen LogP contribution in [-0.2, 0) is 9.53 Å². The third kappa shape index (κ3) is 4.98. The lowest BCUT2D eigenvalue weighted by Crippen LogP contribution is -2.42. The van der Waals surface area contributed by atoms with Crippen molar-refractivity contribution >= 4 is 40.3 Å². The molecule has 2 heterocycles. The number of fused-ring (bicyclic) bond motifs is 1. The molecule has 2 aromatic carbocycles. The van der Waals surface area contributed by atoms with Gasteiger partial charge in [0.2, 0.25) is 0 Å². The van der Waals surface area contributed by atoms with Crippen LogP contribution < -0.4 is 15.4 Å². The van der Waals surface area contributed by atoms with Crippen molar-refractivity contribution in [3.8, 4) is 5.75 Å². The van der Waals surface area contributed by atoms with E-state index in [1.54, 1.807) is 37.1 Å². The minimum Gasteiger partial charge on any atom is -0.497 e. The molecular weight excluding hydrogens is 440 g/mol. The summed E-state index contributed by atoms with van der Waals surface area (Å²) in [6.45, 7) is 2.63. The first-order chi connectivity index (χ1) is 16.0. The Kier molecular flexibility index (Phi) is 6.88. The lowest BCUT2D eigenvalue weighted by atomic mass is 9.94. The number of benzene rings is 2. The lowest BCUT2D eigenvalue weighted by Gasteiger charge is -2.40. The van der Waals surface area contributed by atoms with E-state index in [-0.39, 0.29) is 12.1 Å². The van der Waals surface area contributed by atoms with Crippen molar-refractivity contribution in [2.45, 2.75) is 19.4 Å². The maximum absolute atomic E-state index is 12.7. The van der Waals surface area contributed by atoms with Gasteiger partial charge in [-0.05, 0) is 43.2 Å². The number of hydrogen-bond acceptors (Lipinski definition) is 7. The number of ether oxygens (including phenoxy) is 2. The molecule has 0 radical (unpaired) electrons. The molecule has 1 fully saturated rings. The Morgan fingerprint density at radius 1 is 1.09 bits per heavy atom. The van der Waals surface area contributed by atoms with Gasteiger partial charge < -0.3 is 25.0 Å². The Labute approximate surface area is 197 Å². The van der Waals surface area contributed by atoms with Gasteiger partial charge in [0.1, 0.15) is 5.75 Å². The zero-order chi connectivity index (χ0) is 23.4. The summed E-state index contributed by atoms with van der Waals surface area (Å²) in [6, 6.07) is 13.9. The van der Waals surface area contributed by atoms with Crippen LogP contribution in [0.4, 0.5) is 16.2 Å². The molecule has 0 bridgehead atoms. The average molecular weight is 467 g/mol. The third-order valence-corrected chi connectivity index (χ3v) is 6.53. The van der Waals surface area contributed by atoms with Crippen LogP contribution in [0, 0.1) is 0 Å². The fraction of sp³-hybridized carbons (Fsp3) is 0.292. The summed E-state index contributed by atoms with van der Waals surface area (Å²) in [5.41, 5.74) is 3.28. The Morgan fingerprint density at radius 3 is 2.55 bits per heavy atom. The monoisotopic (exact) mass is 466 g/mol. The molecule has 1 atom stereocenters. The maximum Gasteiger partial charge on any atom is 0.338 e. The molecule has 172 valence electrons. The number of esters is 1. The standard InChI is InChI=1S/C24H26N4O4S/c1-15-20(22(29)32-3)21(28-11-6-12-33-24(28)25-15)16-7-4-8-17(13-16)26-23(30)27-18-9-5-10-19(14-18)31-2/h4-5,7-10,13-14,21H,6,11-12H2,1-3H3,(H2,26,27,30)/t21-/m1/s1. The highest BCUT2D eigenvalue weighted by atomic mass is 32.2. The molecule has 2 aliphatic rings. The number of amides is 2. The van der Waals surface area contributed by atoms with Crippen LogP contribution in [0.25, 0.3) is 0 Å². The first kappa shape index (κ1) is 22.7. The van der Waals surface area contributed by atoms with E-state index in [1.807, 2.05) is 37.3 Å². The summed E-state index contributed by atoms with van der Waals surface area (Å²) in [6.07, 6.45) is 0.995. The predicted octanol–water partition coefficient (Wildman–Crippen LogP) is 4.64. The summed E-state index contributed by atoms with van der Waals surface area (Å²) in [4.78, 5) is 32.1. The average Bonchev–Trinajstić information content (AvgIpc) is 2.82. The summed E-state index contributed by atoms with van der Waals surface area (Å²) < 4.78 is 10.3. The first-order valence-electron chi connectivity index (χ1n) is 10.6. The number of aliphatic imine (C=N–C) groups is 1. The number of methoxy groups -OCH3 is 2. The smallest absolute Gasteiger partial charge is 0.338 e. The highest BCUT2D eigenvalue weighted by Gasteiger charge is 2.37. The van der Waals surface area contributed by atoms with Gasteiger partial charge in [-0.25, -0.2) is 14.6 Å². The molecule has 0 saturated carbocycles. The molecule has 0 unspecified atom stereocenters. The van der Waals surface area contributed by atoms with Crippen molar-refractivity contribution in [3.63, 3.8) is 0 Å². The van der Waals surface area contributed by atoms with Crippen LogP contribution in [-0.4, -0.2) is 48.6 Å². The van der Waals surface area contributed by atoms with Crippen molar-refractivity contribution < 1.29 is 19.1 Å². The number of hydrogen-bond donors (Lipinski definition) is 2.